The molecule has 4 rings (SSSR count). The van der Waals surface area contributed by atoms with E-state index in [2.05, 4.69) is 34.6 Å². The molecular weight excluding hydrogens is 330 g/mol. The van der Waals surface area contributed by atoms with E-state index in [4.69, 9.17) is 0 Å². The molecule has 2 aromatic heterocycles. The summed E-state index contributed by atoms with van der Waals surface area (Å²) in [5, 5.41) is 0. The Morgan fingerprint density at radius 1 is 1.24 bits per heavy atom. The summed E-state index contributed by atoms with van der Waals surface area (Å²) in [4.78, 5) is 21.6. The number of aryl methyl sites for hydroxylation is 4. The van der Waals surface area contributed by atoms with Crippen molar-refractivity contribution in [3.05, 3.63) is 57.4 Å². The molecule has 1 amide bonds. The van der Waals surface area contributed by atoms with E-state index >= 15 is 0 Å². The van der Waals surface area contributed by atoms with E-state index in [1.54, 1.807) is 16.2 Å². The summed E-state index contributed by atoms with van der Waals surface area (Å²) in [5.41, 5.74) is 5.64. The molecule has 0 spiro atoms. The molecule has 0 unspecified atom stereocenters. The molecule has 25 heavy (non-hydrogen) atoms. The van der Waals surface area contributed by atoms with Gasteiger partial charge in [0.1, 0.15) is 0 Å². The van der Waals surface area contributed by atoms with E-state index in [1.807, 2.05) is 20.0 Å². The van der Waals surface area contributed by atoms with Gasteiger partial charge in [0.2, 0.25) is 0 Å². The molecule has 2 heterocycles. The number of hydrogen-bond acceptors (Lipinski definition) is 3. The van der Waals surface area contributed by atoms with Crippen LogP contribution in [0.1, 0.15) is 50.6 Å². The highest BCUT2D eigenvalue weighted by molar-refractivity contribution is 7.17. The minimum atomic E-state index is 0.0784. The molecule has 0 fully saturated rings. The first kappa shape index (κ1) is 16.3. The molecule has 4 nitrogen and oxygen atoms in total. The van der Waals surface area contributed by atoms with E-state index in [0.29, 0.717) is 6.54 Å². The van der Waals surface area contributed by atoms with Crippen molar-refractivity contribution in [2.45, 2.75) is 46.1 Å². The molecule has 1 aromatic carbocycles. The van der Waals surface area contributed by atoms with Gasteiger partial charge in [-0.15, -0.1) is 11.3 Å². The third-order valence-corrected chi connectivity index (χ3v) is 5.97. The highest BCUT2D eigenvalue weighted by Crippen LogP contribution is 2.24. The Balaban J connectivity index is 1.58. The molecule has 0 aliphatic heterocycles. The van der Waals surface area contributed by atoms with Gasteiger partial charge < -0.3 is 4.90 Å². The van der Waals surface area contributed by atoms with E-state index in [1.165, 1.54) is 28.8 Å². The third-order valence-electron chi connectivity index (χ3n) is 5.07. The van der Waals surface area contributed by atoms with Crippen molar-refractivity contribution in [2.24, 2.45) is 0 Å². The lowest BCUT2D eigenvalue weighted by molar-refractivity contribution is 0.0783. The molecule has 3 aromatic rings. The van der Waals surface area contributed by atoms with Gasteiger partial charge in [-0.1, -0.05) is 6.07 Å². The number of nitrogens with zero attached hydrogens (tertiary/aromatic N) is 3. The van der Waals surface area contributed by atoms with Crippen LogP contribution in [0.5, 0.6) is 0 Å². The maximum Gasteiger partial charge on any atom is 0.253 e. The highest BCUT2D eigenvalue weighted by Gasteiger charge is 2.19. The van der Waals surface area contributed by atoms with Gasteiger partial charge in [-0.2, -0.15) is 0 Å². The molecule has 0 N–H and O–H groups in total. The van der Waals surface area contributed by atoms with Crippen molar-refractivity contribution in [2.75, 3.05) is 7.05 Å². The normalized spacial score (nSPS) is 13.9. The van der Waals surface area contributed by atoms with Gasteiger partial charge in [0.25, 0.3) is 5.91 Å². The second kappa shape index (κ2) is 6.30. The number of fused-ring (bicyclic) bond motifs is 2. The van der Waals surface area contributed by atoms with Crippen LogP contribution in [0.4, 0.5) is 0 Å². The minimum Gasteiger partial charge on any atom is -0.336 e. The lowest BCUT2D eigenvalue weighted by Crippen LogP contribution is -2.27. The van der Waals surface area contributed by atoms with Crippen molar-refractivity contribution in [3.63, 3.8) is 0 Å². The summed E-state index contributed by atoms with van der Waals surface area (Å²) in [7, 11) is 1.87. The average molecular weight is 353 g/mol. The fourth-order valence-electron chi connectivity index (χ4n) is 3.68. The number of carbonyl (C=O) groups excluding carboxylic acids is 1. The fourth-order valence-corrected chi connectivity index (χ4v) is 4.57. The van der Waals surface area contributed by atoms with Gasteiger partial charge in [0.05, 0.1) is 17.9 Å². The zero-order valence-corrected chi connectivity index (χ0v) is 15.8. The summed E-state index contributed by atoms with van der Waals surface area (Å²) >= 11 is 1.68. The van der Waals surface area contributed by atoms with Crippen LogP contribution in [0.25, 0.3) is 4.96 Å². The quantitative estimate of drug-likeness (QED) is 0.709. The number of carbonyl (C=O) groups is 1. The maximum atomic E-state index is 12.9. The summed E-state index contributed by atoms with van der Waals surface area (Å²) in [6.45, 7) is 4.67. The molecule has 5 heteroatoms. The highest BCUT2D eigenvalue weighted by atomic mass is 32.1. The zero-order valence-electron chi connectivity index (χ0n) is 15.0. The second-order valence-corrected chi connectivity index (χ2v) is 8.20. The average Bonchev–Trinajstić information content (AvgIpc) is 3.10. The van der Waals surface area contributed by atoms with Crippen molar-refractivity contribution in [1.29, 1.82) is 0 Å². The molecule has 0 saturated carbocycles. The van der Waals surface area contributed by atoms with Crippen LogP contribution in [0.15, 0.2) is 24.4 Å². The van der Waals surface area contributed by atoms with Crippen LogP contribution in [0.2, 0.25) is 0 Å². The summed E-state index contributed by atoms with van der Waals surface area (Å²) < 4.78 is 2.12. The zero-order chi connectivity index (χ0) is 17.6. The van der Waals surface area contributed by atoms with Crippen LogP contribution < -0.4 is 0 Å². The summed E-state index contributed by atoms with van der Waals surface area (Å²) in [6, 6.07) is 6.22. The van der Waals surface area contributed by atoms with Gasteiger partial charge in [-0.3, -0.25) is 9.20 Å². The van der Waals surface area contributed by atoms with E-state index < -0.39 is 0 Å². The molecule has 0 radical (unpaired) electrons. The van der Waals surface area contributed by atoms with Gasteiger partial charge in [-0.25, -0.2) is 4.98 Å². The topological polar surface area (TPSA) is 37.6 Å². The van der Waals surface area contributed by atoms with Crippen molar-refractivity contribution in [1.82, 2.24) is 14.3 Å². The van der Waals surface area contributed by atoms with Crippen LogP contribution in [-0.2, 0) is 19.4 Å². The molecule has 0 atom stereocenters. The maximum absolute atomic E-state index is 12.9. The summed E-state index contributed by atoms with van der Waals surface area (Å²) in [5.74, 6) is 0.0784. The molecule has 1 aliphatic carbocycles. The molecule has 0 saturated heterocycles. The van der Waals surface area contributed by atoms with Gasteiger partial charge in [-0.05, 0) is 62.8 Å². The Morgan fingerprint density at radius 2 is 2.00 bits per heavy atom. The van der Waals surface area contributed by atoms with Crippen LogP contribution in [-0.4, -0.2) is 27.2 Å². The first-order valence-electron chi connectivity index (χ1n) is 8.84. The van der Waals surface area contributed by atoms with Crippen LogP contribution in [0.3, 0.4) is 0 Å². The van der Waals surface area contributed by atoms with Crippen molar-refractivity contribution < 1.29 is 4.79 Å². The monoisotopic (exact) mass is 353 g/mol. The van der Waals surface area contributed by atoms with E-state index in [0.717, 1.165) is 34.8 Å². The Hall–Kier alpha value is -2.14. The third kappa shape index (κ3) is 2.97. The van der Waals surface area contributed by atoms with E-state index in [-0.39, 0.29) is 5.91 Å². The first-order valence-corrected chi connectivity index (χ1v) is 9.66. The SMILES string of the molecule is Cc1cn2c(CN(C)C(=O)c3ccc4c(c3)CCCC4)c(C)nc2s1. The van der Waals surface area contributed by atoms with Crippen molar-refractivity contribution >= 4 is 22.2 Å². The Labute approximate surface area is 152 Å². The lowest BCUT2D eigenvalue weighted by Gasteiger charge is -2.20. The predicted octanol–water partition coefficient (Wildman–Crippen LogP) is 4.16. The van der Waals surface area contributed by atoms with Crippen LogP contribution >= 0.6 is 11.3 Å². The van der Waals surface area contributed by atoms with Crippen LogP contribution in [0, 0.1) is 13.8 Å². The molecular formula is C20H23N3OS. The number of aromatic nitrogens is 2. The number of thiazole rings is 1. The number of benzene rings is 1. The number of amides is 1. The van der Waals surface area contributed by atoms with Gasteiger partial charge in [0.15, 0.2) is 4.96 Å². The van der Waals surface area contributed by atoms with Gasteiger partial charge in [0, 0.05) is 23.7 Å². The second-order valence-electron chi connectivity index (χ2n) is 6.99. The standard InChI is InChI=1S/C20H23N3OS/c1-13-11-23-18(14(2)21-20(23)25-13)12-22(3)19(24)17-9-8-15-6-4-5-7-16(15)10-17/h8-11H,4-7,12H2,1-3H3. The lowest BCUT2D eigenvalue weighted by atomic mass is 9.90. The first-order chi connectivity index (χ1) is 12.0. The fraction of sp³-hybridized carbons (Fsp3) is 0.400. The summed E-state index contributed by atoms with van der Waals surface area (Å²) in [6.07, 6.45) is 6.83. The molecule has 1 aliphatic rings. The van der Waals surface area contributed by atoms with E-state index in [9.17, 15) is 4.79 Å². The smallest absolute Gasteiger partial charge is 0.253 e. The minimum absolute atomic E-state index is 0.0784. The number of rotatable bonds is 3. The Kier molecular flexibility index (Phi) is 4.12. The number of hydrogen-bond donors (Lipinski definition) is 0. The van der Waals surface area contributed by atoms with Gasteiger partial charge >= 0.3 is 0 Å². The molecule has 130 valence electrons. The number of imidazole rings is 1. The molecule has 0 bridgehead atoms. The van der Waals surface area contributed by atoms with Crippen molar-refractivity contribution in [3.8, 4) is 0 Å². The Morgan fingerprint density at radius 3 is 2.80 bits per heavy atom. The largest absolute Gasteiger partial charge is 0.336 e. The Bertz CT molecular complexity index is 953. The predicted molar refractivity (Wildman–Crippen MR) is 101 cm³/mol.